The number of nitrogens with one attached hydrogen (secondary N) is 1. The van der Waals surface area contributed by atoms with Crippen LogP contribution in [0.3, 0.4) is 0 Å². The van der Waals surface area contributed by atoms with Gasteiger partial charge in [0, 0.05) is 18.2 Å². The van der Waals surface area contributed by atoms with Crippen molar-refractivity contribution in [3.05, 3.63) is 23.4 Å². The molecule has 0 aromatic heterocycles. The topological polar surface area (TPSA) is 55.1 Å². The number of carbonyl (C=O) groups is 1. The largest absolute Gasteiger partial charge is 0.387 e. The van der Waals surface area contributed by atoms with E-state index in [4.69, 9.17) is 5.73 Å². The van der Waals surface area contributed by atoms with Crippen molar-refractivity contribution in [3.8, 4) is 0 Å². The second-order valence-electron chi connectivity index (χ2n) is 3.24. The maximum atomic E-state index is 11.0. The van der Waals surface area contributed by atoms with Gasteiger partial charge in [-0.15, -0.1) is 0 Å². The Hall–Kier alpha value is -1.25. The number of amides is 1. The molecule has 0 radical (unpaired) electrons. The maximum absolute atomic E-state index is 11.0. The molecule has 1 unspecified atom stereocenters. The summed E-state index contributed by atoms with van der Waals surface area (Å²) in [4.78, 5) is 11.0. The smallest absolute Gasteiger partial charge is 0.250 e. The predicted molar refractivity (Wildman–Crippen MR) is 46.1 cm³/mol. The highest BCUT2D eigenvalue weighted by molar-refractivity contribution is 5.96. The first-order chi connectivity index (χ1) is 5.79. The zero-order chi connectivity index (χ0) is 8.55. The van der Waals surface area contributed by atoms with E-state index in [0.717, 1.165) is 25.1 Å². The van der Waals surface area contributed by atoms with Gasteiger partial charge in [-0.2, -0.15) is 0 Å². The normalized spacial score (nSPS) is 26.8. The van der Waals surface area contributed by atoms with Gasteiger partial charge in [-0.1, -0.05) is 12.2 Å². The van der Waals surface area contributed by atoms with Gasteiger partial charge < -0.3 is 11.1 Å². The maximum Gasteiger partial charge on any atom is 0.250 e. The van der Waals surface area contributed by atoms with Gasteiger partial charge in [-0.25, -0.2) is 0 Å². The summed E-state index contributed by atoms with van der Waals surface area (Å²) >= 11 is 0. The number of allylic oxidation sites excluding steroid dienone is 2. The van der Waals surface area contributed by atoms with Crippen molar-refractivity contribution in [2.24, 2.45) is 11.7 Å². The molecule has 0 aromatic carbocycles. The van der Waals surface area contributed by atoms with Gasteiger partial charge in [0.1, 0.15) is 0 Å². The zero-order valence-corrected chi connectivity index (χ0v) is 6.84. The Kier molecular flexibility index (Phi) is 1.64. The molecule has 12 heavy (non-hydrogen) atoms. The third-order valence-corrected chi connectivity index (χ3v) is 2.48. The molecule has 3 N–H and O–H groups in total. The lowest BCUT2D eigenvalue weighted by Crippen LogP contribution is -2.21. The molecule has 64 valence electrons. The molecule has 1 amide bonds. The van der Waals surface area contributed by atoms with Gasteiger partial charge >= 0.3 is 0 Å². The van der Waals surface area contributed by atoms with E-state index >= 15 is 0 Å². The van der Waals surface area contributed by atoms with E-state index in [1.807, 2.05) is 12.2 Å². The van der Waals surface area contributed by atoms with Crippen LogP contribution in [-0.4, -0.2) is 12.5 Å². The standard InChI is InChI=1S/C9H12N2O/c10-9(12)7-3-1-2-6-4-5-11-8(6)7/h1,3,6,11H,2,4-5H2,(H2,10,12). The van der Waals surface area contributed by atoms with E-state index < -0.39 is 0 Å². The number of primary amides is 1. The highest BCUT2D eigenvalue weighted by atomic mass is 16.1. The Morgan fingerprint density at radius 3 is 3.25 bits per heavy atom. The molecule has 1 aliphatic carbocycles. The summed E-state index contributed by atoms with van der Waals surface area (Å²) in [6.07, 6.45) is 6.02. The molecule has 2 rings (SSSR count). The summed E-state index contributed by atoms with van der Waals surface area (Å²) in [6.45, 7) is 0.971. The number of rotatable bonds is 1. The van der Waals surface area contributed by atoms with Crippen LogP contribution in [0.4, 0.5) is 0 Å². The van der Waals surface area contributed by atoms with Crippen LogP contribution >= 0.6 is 0 Å². The van der Waals surface area contributed by atoms with Crippen LogP contribution in [0.2, 0.25) is 0 Å². The quantitative estimate of drug-likeness (QED) is 0.585. The first-order valence-corrected chi connectivity index (χ1v) is 4.23. The number of hydrogen-bond acceptors (Lipinski definition) is 2. The molecule has 1 saturated heterocycles. The van der Waals surface area contributed by atoms with Gasteiger partial charge in [0.25, 0.3) is 0 Å². The van der Waals surface area contributed by atoms with Crippen LogP contribution in [0, 0.1) is 5.92 Å². The average Bonchev–Trinajstić information content (AvgIpc) is 2.49. The zero-order valence-electron chi connectivity index (χ0n) is 6.84. The average molecular weight is 164 g/mol. The van der Waals surface area contributed by atoms with E-state index in [0.29, 0.717) is 11.5 Å². The number of carbonyl (C=O) groups excluding carboxylic acids is 1. The summed E-state index contributed by atoms with van der Waals surface area (Å²) in [5, 5.41) is 3.22. The van der Waals surface area contributed by atoms with Crippen molar-refractivity contribution < 1.29 is 4.79 Å². The molecule has 3 nitrogen and oxygen atoms in total. The number of fused-ring (bicyclic) bond motifs is 1. The second-order valence-corrected chi connectivity index (χ2v) is 3.24. The minimum absolute atomic E-state index is 0.319. The molecule has 0 aromatic rings. The summed E-state index contributed by atoms with van der Waals surface area (Å²) in [5.74, 6) is 0.192. The lowest BCUT2D eigenvalue weighted by atomic mass is 9.92. The van der Waals surface area contributed by atoms with Gasteiger partial charge in [0.2, 0.25) is 5.91 Å². The van der Waals surface area contributed by atoms with Gasteiger partial charge in [0.05, 0.1) is 5.57 Å². The summed E-state index contributed by atoms with van der Waals surface area (Å²) in [5.41, 5.74) is 6.97. The number of hydrogen-bond donors (Lipinski definition) is 2. The highest BCUT2D eigenvalue weighted by Gasteiger charge is 2.26. The van der Waals surface area contributed by atoms with Crippen LogP contribution in [0.15, 0.2) is 23.4 Å². The Balaban J connectivity index is 2.38. The fraction of sp³-hybridized carbons (Fsp3) is 0.444. The fourth-order valence-electron chi connectivity index (χ4n) is 1.88. The van der Waals surface area contributed by atoms with Crippen LogP contribution in [-0.2, 0) is 4.79 Å². The van der Waals surface area contributed by atoms with Crippen molar-refractivity contribution in [1.82, 2.24) is 5.32 Å². The van der Waals surface area contributed by atoms with E-state index in [9.17, 15) is 4.79 Å². The van der Waals surface area contributed by atoms with E-state index in [1.165, 1.54) is 0 Å². The monoisotopic (exact) mass is 164 g/mol. The Morgan fingerprint density at radius 1 is 1.67 bits per heavy atom. The molecule has 0 spiro atoms. The van der Waals surface area contributed by atoms with Crippen molar-refractivity contribution >= 4 is 5.91 Å². The van der Waals surface area contributed by atoms with E-state index in [2.05, 4.69) is 5.32 Å². The van der Waals surface area contributed by atoms with Gasteiger partial charge in [-0.05, 0) is 12.8 Å². The van der Waals surface area contributed by atoms with Crippen LogP contribution in [0.1, 0.15) is 12.8 Å². The lowest BCUT2D eigenvalue weighted by molar-refractivity contribution is -0.114. The minimum Gasteiger partial charge on any atom is -0.387 e. The van der Waals surface area contributed by atoms with Crippen LogP contribution < -0.4 is 11.1 Å². The van der Waals surface area contributed by atoms with Crippen molar-refractivity contribution in [2.45, 2.75) is 12.8 Å². The first kappa shape index (κ1) is 7.40. The summed E-state index contributed by atoms with van der Waals surface area (Å²) < 4.78 is 0. The van der Waals surface area contributed by atoms with Crippen LogP contribution in [0.5, 0.6) is 0 Å². The molecule has 1 aliphatic heterocycles. The van der Waals surface area contributed by atoms with Gasteiger partial charge in [0.15, 0.2) is 0 Å². The summed E-state index contributed by atoms with van der Waals surface area (Å²) in [7, 11) is 0. The SMILES string of the molecule is NC(=O)C1=C2NCCC2CC=C1. The number of nitrogens with two attached hydrogens (primary N) is 1. The molecule has 3 heteroatoms. The Labute approximate surface area is 71.3 Å². The highest BCUT2D eigenvalue weighted by Crippen LogP contribution is 2.29. The van der Waals surface area contributed by atoms with E-state index in [-0.39, 0.29) is 5.91 Å². The molecular formula is C9H12N2O. The van der Waals surface area contributed by atoms with Crippen molar-refractivity contribution in [3.63, 3.8) is 0 Å². The molecule has 0 saturated carbocycles. The Morgan fingerprint density at radius 2 is 2.50 bits per heavy atom. The van der Waals surface area contributed by atoms with Crippen molar-refractivity contribution in [1.29, 1.82) is 0 Å². The minimum atomic E-state index is -0.319. The van der Waals surface area contributed by atoms with Crippen molar-refractivity contribution in [2.75, 3.05) is 6.54 Å². The third-order valence-electron chi connectivity index (χ3n) is 2.48. The van der Waals surface area contributed by atoms with Crippen LogP contribution in [0.25, 0.3) is 0 Å². The van der Waals surface area contributed by atoms with Gasteiger partial charge in [-0.3, -0.25) is 4.79 Å². The predicted octanol–water partition coefficient (Wildman–Crippen LogP) is 0.295. The first-order valence-electron chi connectivity index (χ1n) is 4.23. The molecule has 1 heterocycles. The fourth-order valence-corrected chi connectivity index (χ4v) is 1.88. The van der Waals surface area contributed by atoms with E-state index in [1.54, 1.807) is 0 Å². The molecular weight excluding hydrogens is 152 g/mol. The molecule has 1 fully saturated rings. The summed E-state index contributed by atoms with van der Waals surface area (Å²) in [6, 6.07) is 0. The lowest BCUT2D eigenvalue weighted by Gasteiger charge is -2.15. The molecule has 0 bridgehead atoms. The third kappa shape index (κ3) is 1.02. The molecule has 2 aliphatic rings. The Bertz CT molecular complexity index is 278. The molecule has 1 atom stereocenters. The second kappa shape index (κ2) is 2.66.